The predicted octanol–water partition coefficient (Wildman–Crippen LogP) is 3.50. The third kappa shape index (κ3) is 2.75. The number of thiophene rings is 1. The van der Waals surface area contributed by atoms with E-state index in [0.29, 0.717) is 5.89 Å². The van der Waals surface area contributed by atoms with Crippen LogP contribution in [-0.2, 0) is 4.74 Å². The Balaban J connectivity index is 2.26. The van der Waals surface area contributed by atoms with Crippen LogP contribution in [0.5, 0.6) is 0 Å². The number of aromatic nitrogens is 2. The van der Waals surface area contributed by atoms with Crippen molar-refractivity contribution in [3.8, 4) is 10.8 Å². The second-order valence-electron chi connectivity index (χ2n) is 2.88. The second-order valence-corrected chi connectivity index (χ2v) is 6.10. The van der Waals surface area contributed by atoms with Crippen LogP contribution >= 0.6 is 43.2 Å². The van der Waals surface area contributed by atoms with Gasteiger partial charge in [0.2, 0.25) is 0 Å². The Labute approximate surface area is 117 Å². The molecule has 0 aliphatic rings. The number of carbonyl (C=O) groups excluding carboxylic acids is 1. The summed E-state index contributed by atoms with van der Waals surface area (Å²) in [6.07, 6.45) is 0. The Morgan fingerprint density at radius 2 is 2.35 bits per heavy atom. The molecule has 2 aromatic heterocycles. The van der Waals surface area contributed by atoms with E-state index in [1.807, 2.05) is 6.07 Å². The monoisotopic (exact) mass is 380 g/mol. The molecule has 0 bridgehead atoms. The van der Waals surface area contributed by atoms with Crippen LogP contribution < -0.4 is 0 Å². The van der Waals surface area contributed by atoms with Gasteiger partial charge in [-0.05, 0) is 50.0 Å². The van der Waals surface area contributed by atoms with Crippen LogP contribution in [0, 0.1) is 0 Å². The van der Waals surface area contributed by atoms with E-state index in [0.717, 1.165) is 13.1 Å². The first-order chi connectivity index (χ1) is 8.11. The molecule has 0 saturated carbocycles. The van der Waals surface area contributed by atoms with Gasteiger partial charge in [-0.3, -0.25) is 0 Å². The molecule has 2 rings (SSSR count). The number of carbonyl (C=O) groups is 1. The van der Waals surface area contributed by atoms with E-state index in [9.17, 15) is 4.79 Å². The summed E-state index contributed by atoms with van der Waals surface area (Å²) in [5.41, 5.74) is 0. The highest BCUT2D eigenvalue weighted by atomic mass is 79.9. The van der Waals surface area contributed by atoms with Gasteiger partial charge in [-0.15, -0.1) is 11.3 Å². The molecule has 0 N–H and O–H groups in total. The lowest BCUT2D eigenvalue weighted by Gasteiger charge is -1.93. The molecule has 0 aliphatic carbocycles. The van der Waals surface area contributed by atoms with Crippen LogP contribution in [0.2, 0.25) is 0 Å². The molecule has 0 amide bonds. The molecule has 2 heterocycles. The van der Waals surface area contributed by atoms with Crippen LogP contribution in [0.1, 0.15) is 17.5 Å². The lowest BCUT2D eigenvalue weighted by molar-refractivity contribution is 0.0508. The van der Waals surface area contributed by atoms with Crippen LogP contribution in [0.15, 0.2) is 18.8 Å². The number of hydrogen-bond donors (Lipinski definition) is 0. The van der Waals surface area contributed by atoms with E-state index in [2.05, 4.69) is 42.0 Å². The first-order valence-corrected chi connectivity index (χ1v) is 6.98. The van der Waals surface area contributed by atoms with E-state index in [4.69, 9.17) is 9.26 Å². The topological polar surface area (TPSA) is 65.2 Å². The van der Waals surface area contributed by atoms with Crippen molar-refractivity contribution in [2.45, 2.75) is 6.92 Å². The second kappa shape index (κ2) is 5.28. The molecule has 0 fully saturated rings. The van der Waals surface area contributed by atoms with Gasteiger partial charge in [-0.2, -0.15) is 4.98 Å². The normalized spacial score (nSPS) is 10.5. The van der Waals surface area contributed by atoms with Gasteiger partial charge >= 0.3 is 5.97 Å². The van der Waals surface area contributed by atoms with E-state index < -0.39 is 5.97 Å². The molecule has 5 nitrogen and oxygen atoms in total. The van der Waals surface area contributed by atoms with Crippen molar-refractivity contribution in [3.05, 3.63) is 20.1 Å². The zero-order valence-corrected chi connectivity index (χ0v) is 12.6. The van der Waals surface area contributed by atoms with Crippen molar-refractivity contribution in [2.75, 3.05) is 6.61 Å². The summed E-state index contributed by atoms with van der Waals surface area (Å²) in [6, 6.07) is 1.83. The zero-order valence-electron chi connectivity index (χ0n) is 8.57. The van der Waals surface area contributed by atoms with E-state index in [-0.39, 0.29) is 12.4 Å². The number of halogens is 2. The summed E-state index contributed by atoms with van der Waals surface area (Å²) < 4.78 is 11.6. The summed E-state index contributed by atoms with van der Waals surface area (Å²) in [6.45, 7) is 1.99. The summed E-state index contributed by atoms with van der Waals surface area (Å²) in [5.74, 6) is -0.357. The minimum Gasteiger partial charge on any atom is -0.460 e. The largest absolute Gasteiger partial charge is 0.460 e. The molecular formula is C9H6Br2N2O3S. The SMILES string of the molecule is CCOC(=O)c1noc(-c2cc(Br)c(Br)s2)n1. The molecule has 90 valence electrons. The summed E-state index contributed by atoms with van der Waals surface area (Å²) in [4.78, 5) is 16.1. The zero-order chi connectivity index (χ0) is 12.4. The van der Waals surface area contributed by atoms with Crippen molar-refractivity contribution in [1.82, 2.24) is 10.1 Å². The molecule has 0 saturated heterocycles. The molecule has 0 atom stereocenters. The van der Waals surface area contributed by atoms with Crippen LogP contribution in [0.25, 0.3) is 10.8 Å². The van der Waals surface area contributed by atoms with Gasteiger partial charge in [0.25, 0.3) is 11.7 Å². The first kappa shape index (κ1) is 12.7. The molecule has 17 heavy (non-hydrogen) atoms. The fourth-order valence-corrected chi connectivity index (χ4v) is 3.01. The molecule has 0 unspecified atom stereocenters. The van der Waals surface area contributed by atoms with E-state index in [1.54, 1.807) is 6.92 Å². The molecule has 0 spiro atoms. The van der Waals surface area contributed by atoms with Crippen molar-refractivity contribution >= 4 is 49.2 Å². The predicted molar refractivity (Wildman–Crippen MR) is 69.0 cm³/mol. The lowest BCUT2D eigenvalue weighted by atomic mass is 10.5. The Morgan fingerprint density at radius 3 is 2.94 bits per heavy atom. The number of nitrogens with zero attached hydrogens (tertiary/aromatic N) is 2. The van der Waals surface area contributed by atoms with Crippen LogP contribution in [0.4, 0.5) is 0 Å². The highest BCUT2D eigenvalue weighted by Crippen LogP contribution is 2.37. The Kier molecular flexibility index (Phi) is 3.95. The quantitative estimate of drug-likeness (QED) is 0.761. The molecule has 0 aliphatic heterocycles. The van der Waals surface area contributed by atoms with Crippen molar-refractivity contribution < 1.29 is 14.1 Å². The highest BCUT2D eigenvalue weighted by Gasteiger charge is 2.18. The summed E-state index contributed by atoms with van der Waals surface area (Å²) >= 11 is 8.15. The maximum Gasteiger partial charge on any atom is 0.379 e. The Hall–Kier alpha value is -0.730. The number of rotatable bonds is 3. The molecular weight excluding hydrogens is 376 g/mol. The fraction of sp³-hybridized carbons (Fsp3) is 0.222. The Morgan fingerprint density at radius 1 is 1.59 bits per heavy atom. The van der Waals surface area contributed by atoms with Gasteiger partial charge in [-0.25, -0.2) is 4.79 Å². The average molecular weight is 382 g/mol. The number of ether oxygens (including phenoxy) is 1. The maximum absolute atomic E-state index is 11.3. The van der Waals surface area contributed by atoms with Gasteiger partial charge < -0.3 is 9.26 Å². The standard InChI is InChI=1S/C9H6Br2N2O3S/c1-2-15-9(14)7-12-8(16-13-7)5-3-4(10)6(11)17-5/h3H,2H2,1H3. The third-order valence-corrected chi connectivity index (χ3v) is 4.98. The van der Waals surface area contributed by atoms with Gasteiger partial charge in [0.15, 0.2) is 0 Å². The van der Waals surface area contributed by atoms with Crippen molar-refractivity contribution in [1.29, 1.82) is 0 Å². The van der Waals surface area contributed by atoms with Crippen LogP contribution in [0.3, 0.4) is 0 Å². The lowest BCUT2D eigenvalue weighted by Crippen LogP contribution is -2.06. The van der Waals surface area contributed by atoms with Gasteiger partial charge in [0.1, 0.15) is 0 Å². The molecule has 0 radical (unpaired) electrons. The molecule has 8 heteroatoms. The van der Waals surface area contributed by atoms with E-state index >= 15 is 0 Å². The molecule has 2 aromatic rings. The number of hydrogen-bond acceptors (Lipinski definition) is 6. The smallest absolute Gasteiger partial charge is 0.379 e. The summed E-state index contributed by atoms with van der Waals surface area (Å²) in [5, 5.41) is 3.57. The summed E-state index contributed by atoms with van der Waals surface area (Å²) in [7, 11) is 0. The van der Waals surface area contributed by atoms with Crippen LogP contribution in [-0.4, -0.2) is 22.7 Å². The number of esters is 1. The van der Waals surface area contributed by atoms with Gasteiger partial charge in [0, 0.05) is 4.47 Å². The minimum atomic E-state index is -0.586. The van der Waals surface area contributed by atoms with E-state index in [1.165, 1.54) is 11.3 Å². The first-order valence-electron chi connectivity index (χ1n) is 4.58. The van der Waals surface area contributed by atoms with Gasteiger partial charge in [-0.1, -0.05) is 0 Å². The third-order valence-electron chi connectivity index (χ3n) is 1.74. The van der Waals surface area contributed by atoms with Gasteiger partial charge in [0.05, 0.1) is 15.3 Å². The highest BCUT2D eigenvalue weighted by molar-refractivity contribution is 9.13. The van der Waals surface area contributed by atoms with Crippen molar-refractivity contribution in [3.63, 3.8) is 0 Å². The molecule has 0 aromatic carbocycles. The minimum absolute atomic E-state index is 0.0671. The Bertz CT molecular complexity index is 533. The fourth-order valence-electron chi connectivity index (χ4n) is 1.05. The maximum atomic E-state index is 11.3. The van der Waals surface area contributed by atoms with Crippen molar-refractivity contribution in [2.24, 2.45) is 0 Å². The average Bonchev–Trinajstić information content (AvgIpc) is 2.87.